The number of fused-ring (bicyclic) bond motifs is 6. The number of nitriles is 2. The molecular weight excluding hydrogens is 585 g/mol. The van der Waals surface area contributed by atoms with Gasteiger partial charge in [-0.2, -0.15) is 10.5 Å². The fourth-order valence-electron chi connectivity index (χ4n) is 7.28. The third kappa shape index (κ3) is 4.14. The van der Waals surface area contributed by atoms with Crippen molar-refractivity contribution in [3.8, 4) is 45.8 Å². The standard InChI is InChI=1S/C44H26N4/c45-27-29-20-22-42-38(24-29)39-25-30(28-46)21-23-43(39)47(42)33-13-8-12-32(26-33)35-17-9-16-34(31-10-2-1-3-11-31)44(35)48-40-18-6-4-14-36(40)37-15-5-7-19-41(37)48/h1-26H. The normalized spacial score (nSPS) is 11.3. The zero-order chi connectivity index (χ0) is 32.2. The molecule has 4 nitrogen and oxygen atoms in total. The van der Waals surface area contributed by atoms with Crippen LogP contribution in [0.25, 0.3) is 77.2 Å². The lowest BCUT2D eigenvalue weighted by molar-refractivity contribution is 1.17. The van der Waals surface area contributed by atoms with Gasteiger partial charge in [-0.3, -0.25) is 0 Å². The van der Waals surface area contributed by atoms with Crippen LogP contribution in [0.4, 0.5) is 0 Å². The third-order valence-corrected chi connectivity index (χ3v) is 9.36. The second-order valence-electron chi connectivity index (χ2n) is 12.0. The molecule has 7 aromatic carbocycles. The Hall–Kier alpha value is -6.88. The van der Waals surface area contributed by atoms with Crippen molar-refractivity contribution < 1.29 is 0 Å². The van der Waals surface area contributed by atoms with Crippen molar-refractivity contribution in [1.82, 2.24) is 9.13 Å². The topological polar surface area (TPSA) is 57.4 Å². The van der Waals surface area contributed by atoms with Crippen LogP contribution in [0.15, 0.2) is 158 Å². The molecule has 0 aliphatic rings. The van der Waals surface area contributed by atoms with Gasteiger partial charge in [0.25, 0.3) is 0 Å². The van der Waals surface area contributed by atoms with Crippen LogP contribution in [0.5, 0.6) is 0 Å². The highest BCUT2D eigenvalue weighted by Gasteiger charge is 2.20. The smallest absolute Gasteiger partial charge is 0.0991 e. The molecule has 4 heteroatoms. The zero-order valence-corrected chi connectivity index (χ0v) is 25.8. The van der Waals surface area contributed by atoms with Crippen LogP contribution in [-0.4, -0.2) is 9.13 Å². The summed E-state index contributed by atoms with van der Waals surface area (Å²) in [5.74, 6) is 0. The molecule has 9 rings (SSSR count). The molecule has 48 heavy (non-hydrogen) atoms. The average molecular weight is 611 g/mol. The minimum Gasteiger partial charge on any atom is -0.309 e. The monoisotopic (exact) mass is 610 g/mol. The molecule has 2 aromatic heterocycles. The molecule has 2 heterocycles. The lowest BCUT2D eigenvalue weighted by atomic mass is 9.95. The van der Waals surface area contributed by atoms with Gasteiger partial charge in [0.05, 0.1) is 51.0 Å². The van der Waals surface area contributed by atoms with Gasteiger partial charge < -0.3 is 9.13 Å². The number of hydrogen-bond acceptors (Lipinski definition) is 2. The SMILES string of the molecule is N#Cc1ccc2c(c1)c1cc(C#N)ccc1n2-c1cccc(-c2cccc(-c3ccccc3)c2-n2c3ccccc3c3ccccc32)c1. The van der Waals surface area contributed by atoms with Crippen LogP contribution in [0.1, 0.15) is 11.1 Å². The van der Waals surface area contributed by atoms with Gasteiger partial charge in [0.15, 0.2) is 0 Å². The van der Waals surface area contributed by atoms with E-state index in [2.05, 4.69) is 143 Å². The molecule has 0 saturated carbocycles. The molecule has 0 amide bonds. The number of aromatic nitrogens is 2. The first kappa shape index (κ1) is 27.4. The Labute approximate surface area is 277 Å². The first-order chi connectivity index (χ1) is 23.7. The molecule has 0 aliphatic carbocycles. The maximum Gasteiger partial charge on any atom is 0.0991 e. The summed E-state index contributed by atoms with van der Waals surface area (Å²) in [5, 5.41) is 23.7. The van der Waals surface area contributed by atoms with Crippen molar-refractivity contribution >= 4 is 43.6 Å². The summed E-state index contributed by atoms with van der Waals surface area (Å²) >= 11 is 0. The summed E-state index contributed by atoms with van der Waals surface area (Å²) in [4.78, 5) is 0. The summed E-state index contributed by atoms with van der Waals surface area (Å²) < 4.78 is 4.65. The summed E-state index contributed by atoms with van der Waals surface area (Å²) in [6.07, 6.45) is 0. The summed E-state index contributed by atoms with van der Waals surface area (Å²) in [6, 6.07) is 59.2. The minimum atomic E-state index is 0.589. The maximum absolute atomic E-state index is 9.69. The second-order valence-corrected chi connectivity index (χ2v) is 12.0. The Bertz CT molecular complexity index is 2680. The highest BCUT2D eigenvalue weighted by Crippen LogP contribution is 2.42. The number of para-hydroxylation sites is 3. The van der Waals surface area contributed by atoms with E-state index in [0.717, 1.165) is 66.5 Å². The first-order valence-electron chi connectivity index (χ1n) is 15.9. The molecule has 222 valence electrons. The predicted molar refractivity (Wildman–Crippen MR) is 195 cm³/mol. The van der Waals surface area contributed by atoms with E-state index < -0.39 is 0 Å². The summed E-state index contributed by atoms with van der Waals surface area (Å²) in [6.45, 7) is 0. The molecular formula is C44H26N4. The molecule has 0 bridgehead atoms. The Morgan fingerprint density at radius 3 is 1.48 bits per heavy atom. The van der Waals surface area contributed by atoms with E-state index in [1.54, 1.807) is 0 Å². The van der Waals surface area contributed by atoms with Crippen molar-refractivity contribution in [3.05, 3.63) is 169 Å². The van der Waals surface area contributed by atoms with Crippen LogP contribution in [-0.2, 0) is 0 Å². The molecule has 0 saturated heterocycles. The molecule has 0 atom stereocenters. The van der Waals surface area contributed by atoms with Crippen molar-refractivity contribution in [2.75, 3.05) is 0 Å². The van der Waals surface area contributed by atoms with Crippen molar-refractivity contribution in [2.45, 2.75) is 0 Å². The van der Waals surface area contributed by atoms with Gasteiger partial charge in [-0.15, -0.1) is 0 Å². The number of rotatable bonds is 4. The van der Waals surface area contributed by atoms with E-state index >= 15 is 0 Å². The van der Waals surface area contributed by atoms with E-state index in [9.17, 15) is 10.5 Å². The predicted octanol–water partition coefficient (Wildman–Crippen LogP) is 11.0. The van der Waals surface area contributed by atoms with Gasteiger partial charge in [-0.25, -0.2) is 0 Å². The van der Waals surface area contributed by atoms with Crippen LogP contribution in [0.2, 0.25) is 0 Å². The van der Waals surface area contributed by atoms with Crippen molar-refractivity contribution in [3.63, 3.8) is 0 Å². The first-order valence-corrected chi connectivity index (χ1v) is 15.9. The molecule has 0 aliphatic heterocycles. The van der Waals surface area contributed by atoms with E-state index in [1.165, 1.54) is 10.8 Å². The molecule has 9 aromatic rings. The molecule has 0 spiro atoms. The molecule has 0 unspecified atom stereocenters. The Balaban J connectivity index is 1.35. The Morgan fingerprint density at radius 2 is 0.875 bits per heavy atom. The van der Waals surface area contributed by atoms with Crippen LogP contribution in [0.3, 0.4) is 0 Å². The molecule has 0 radical (unpaired) electrons. The fraction of sp³-hybridized carbons (Fsp3) is 0. The van der Waals surface area contributed by atoms with Gasteiger partial charge in [-0.1, -0.05) is 97.1 Å². The summed E-state index contributed by atoms with van der Waals surface area (Å²) in [5.41, 5.74) is 12.1. The van der Waals surface area contributed by atoms with Crippen LogP contribution >= 0.6 is 0 Å². The van der Waals surface area contributed by atoms with Gasteiger partial charge in [0, 0.05) is 38.4 Å². The molecule has 0 N–H and O–H groups in total. The number of nitrogens with zero attached hydrogens (tertiary/aromatic N) is 4. The van der Waals surface area contributed by atoms with Crippen molar-refractivity contribution in [1.29, 1.82) is 10.5 Å². The maximum atomic E-state index is 9.69. The Morgan fingerprint density at radius 1 is 0.375 bits per heavy atom. The lowest BCUT2D eigenvalue weighted by Crippen LogP contribution is -2.01. The zero-order valence-electron chi connectivity index (χ0n) is 25.8. The largest absolute Gasteiger partial charge is 0.309 e. The van der Waals surface area contributed by atoms with Gasteiger partial charge in [-0.05, 0) is 71.8 Å². The minimum absolute atomic E-state index is 0.589. The van der Waals surface area contributed by atoms with E-state index in [1.807, 2.05) is 36.4 Å². The third-order valence-electron chi connectivity index (χ3n) is 9.36. The highest BCUT2D eigenvalue weighted by atomic mass is 15.0. The number of hydrogen-bond donors (Lipinski definition) is 0. The van der Waals surface area contributed by atoms with E-state index in [0.29, 0.717) is 11.1 Å². The van der Waals surface area contributed by atoms with Gasteiger partial charge in [0.1, 0.15) is 0 Å². The van der Waals surface area contributed by atoms with E-state index in [4.69, 9.17) is 0 Å². The van der Waals surface area contributed by atoms with Gasteiger partial charge >= 0.3 is 0 Å². The average Bonchev–Trinajstić information content (AvgIpc) is 3.67. The number of benzene rings is 7. The van der Waals surface area contributed by atoms with Crippen LogP contribution < -0.4 is 0 Å². The van der Waals surface area contributed by atoms with Crippen molar-refractivity contribution in [2.24, 2.45) is 0 Å². The second kappa shape index (κ2) is 10.9. The highest BCUT2D eigenvalue weighted by molar-refractivity contribution is 6.11. The lowest BCUT2D eigenvalue weighted by Gasteiger charge is -2.20. The molecule has 0 fully saturated rings. The fourth-order valence-corrected chi connectivity index (χ4v) is 7.28. The summed E-state index contributed by atoms with van der Waals surface area (Å²) in [7, 11) is 0. The quantitative estimate of drug-likeness (QED) is 0.199. The van der Waals surface area contributed by atoms with Gasteiger partial charge in [0.2, 0.25) is 0 Å². The van der Waals surface area contributed by atoms with E-state index in [-0.39, 0.29) is 0 Å². The van der Waals surface area contributed by atoms with Crippen LogP contribution in [0, 0.1) is 22.7 Å². The Kier molecular flexibility index (Phi) is 6.22.